The number of nitrogens with one attached hydrogen (secondary N) is 1. The van der Waals surface area contributed by atoms with Crippen molar-refractivity contribution in [3.63, 3.8) is 0 Å². The van der Waals surface area contributed by atoms with Gasteiger partial charge in [0.1, 0.15) is 11.4 Å². The average molecular weight is 379 g/mol. The molecule has 26 heavy (non-hydrogen) atoms. The summed E-state index contributed by atoms with van der Waals surface area (Å²) in [7, 11) is 0. The van der Waals surface area contributed by atoms with Crippen LogP contribution in [0.3, 0.4) is 0 Å². The molecule has 1 amide bonds. The molecule has 1 aliphatic rings. The summed E-state index contributed by atoms with van der Waals surface area (Å²) in [4.78, 5) is 25.3. The van der Waals surface area contributed by atoms with Gasteiger partial charge in [0.05, 0.1) is 12.6 Å². The number of hydrogen-bond acceptors (Lipinski definition) is 3. The maximum atomic E-state index is 13.8. The minimum absolute atomic E-state index is 0.0106. The molecule has 1 N–H and O–H groups in total. The third-order valence-corrected chi connectivity index (χ3v) is 4.87. The van der Waals surface area contributed by atoms with Gasteiger partial charge in [-0.1, -0.05) is 17.7 Å². The van der Waals surface area contributed by atoms with Crippen molar-refractivity contribution >= 4 is 17.5 Å². The Labute approximate surface area is 155 Å². The molecule has 1 unspecified atom stereocenters. The summed E-state index contributed by atoms with van der Waals surface area (Å²) in [6, 6.07) is 6.04. The topological polar surface area (TPSA) is 60.3 Å². The first-order valence-electron chi connectivity index (χ1n) is 8.50. The third kappa shape index (κ3) is 3.97. The fourth-order valence-electron chi connectivity index (χ4n) is 3.05. The first-order valence-corrected chi connectivity index (χ1v) is 8.88. The van der Waals surface area contributed by atoms with Gasteiger partial charge in [-0.05, 0) is 43.5 Å². The van der Waals surface area contributed by atoms with E-state index < -0.39 is 11.7 Å². The molecule has 7 heteroatoms. The molecule has 2 aromatic rings. The molecule has 0 bridgehead atoms. The van der Waals surface area contributed by atoms with Crippen LogP contribution in [-0.2, 0) is 17.8 Å². The number of halogens is 2. The van der Waals surface area contributed by atoms with E-state index in [0.29, 0.717) is 18.7 Å². The molecule has 1 saturated heterocycles. The van der Waals surface area contributed by atoms with Crippen LogP contribution in [0.5, 0.6) is 0 Å². The highest BCUT2D eigenvalue weighted by Gasteiger charge is 2.20. The maximum absolute atomic E-state index is 13.8. The lowest BCUT2D eigenvalue weighted by atomic mass is 10.1. The molecule has 1 fully saturated rings. The van der Waals surface area contributed by atoms with Crippen molar-refractivity contribution in [2.24, 2.45) is 0 Å². The van der Waals surface area contributed by atoms with Crippen molar-refractivity contribution in [3.8, 4) is 0 Å². The largest absolute Gasteiger partial charge is 0.376 e. The number of benzene rings is 1. The van der Waals surface area contributed by atoms with E-state index in [4.69, 9.17) is 16.3 Å². The molecule has 0 radical (unpaired) electrons. The predicted octanol–water partition coefficient (Wildman–Crippen LogP) is 3.06. The molecule has 0 aliphatic carbocycles. The summed E-state index contributed by atoms with van der Waals surface area (Å²) in [6.45, 7) is 2.72. The van der Waals surface area contributed by atoms with Gasteiger partial charge < -0.3 is 14.6 Å². The average Bonchev–Trinajstić information content (AvgIpc) is 3.10. The molecule has 5 nitrogen and oxygen atoms in total. The van der Waals surface area contributed by atoms with Gasteiger partial charge >= 0.3 is 0 Å². The molecule has 1 aromatic carbocycles. The SMILES string of the molecule is Cc1ccn(CC2CCCO2)c(=O)c1C(=O)NCc1c(F)cccc1Cl. The lowest BCUT2D eigenvalue weighted by Crippen LogP contribution is -2.35. The first-order chi connectivity index (χ1) is 12.5. The predicted molar refractivity (Wildman–Crippen MR) is 97.0 cm³/mol. The molecule has 2 heterocycles. The highest BCUT2D eigenvalue weighted by Crippen LogP contribution is 2.19. The van der Waals surface area contributed by atoms with E-state index in [1.165, 1.54) is 16.7 Å². The first kappa shape index (κ1) is 18.6. The molecule has 0 spiro atoms. The van der Waals surface area contributed by atoms with Crippen LogP contribution in [0.4, 0.5) is 4.39 Å². The number of carbonyl (C=O) groups excluding carboxylic acids is 1. The van der Waals surface area contributed by atoms with Crippen LogP contribution in [-0.4, -0.2) is 23.2 Å². The van der Waals surface area contributed by atoms with E-state index in [1.807, 2.05) is 0 Å². The fourth-order valence-corrected chi connectivity index (χ4v) is 3.28. The van der Waals surface area contributed by atoms with Gasteiger partial charge in [-0.3, -0.25) is 9.59 Å². The second kappa shape index (κ2) is 8.01. The molecule has 1 aromatic heterocycles. The van der Waals surface area contributed by atoms with Crippen molar-refractivity contribution in [3.05, 3.63) is 68.3 Å². The highest BCUT2D eigenvalue weighted by molar-refractivity contribution is 6.31. The maximum Gasteiger partial charge on any atom is 0.263 e. The Balaban J connectivity index is 1.79. The Hall–Kier alpha value is -2.18. The molecular weight excluding hydrogens is 359 g/mol. The summed E-state index contributed by atoms with van der Waals surface area (Å²) in [5.41, 5.74) is 0.432. The number of pyridine rings is 1. The number of amides is 1. The molecular formula is C19H20ClFN2O3. The highest BCUT2D eigenvalue weighted by atomic mass is 35.5. The van der Waals surface area contributed by atoms with Crippen LogP contribution < -0.4 is 10.9 Å². The zero-order chi connectivity index (χ0) is 18.7. The summed E-state index contributed by atoms with van der Waals surface area (Å²) < 4.78 is 20.9. The normalized spacial score (nSPS) is 16.7. The van der Waals surface area contributed by atoms with Gasteiger partial charge in [0.15, 0.2) is 0 Å². The van der Waals surface area contributed by atoms with Crippen molar-refractivity contribution in [1.82, 2.24) is 9.88 Å². The van der Waals surface area contributed by atoms with Crippen LogP contribution in [0.1, 0.15) is 34.3 Å². The van der Waals surface area contributed by atoms with E-state index >= 15 is 0 Å². The Morgan fingerprint density at radius 2 is 2.23 bits per heavy atom. The molecule has 0 saturated carbocycles. The standard InChI is InChI=1S/C19H20ClFN2O3/c1-12-7-8-23(11-13-4-3-9-26-13)19(25)17(12)18(24)22-10-14-15(20)5-2-6-16(14)21/h2,5-8,13H,3-4,9-11H2,1H3,(H,22,24). The van der Waals surface area contributed by atoms with E-state index in [2.05, 4.69) is 5.32 Å². The minimum atomic E-state index is -0.548. The number of rotatable bonds is 5. The van der Waals surface area contributed by atoms with E-state index in [0.717, 1.165) is 12.8 Å². The van der Waals surface area contributed by atoms with Crippen LogP contribution in [0.25, 0.3) is 0 Å². The van der Waals surface area contributed by atoms with E-state index in [1.54, 1.807) is 25.3 Å². The van der Waals surface area contributed by atoms with Crippen molar-refractivity contribution < 1.29 is 13.9 Å². The number of ether oxygens (including phenoxy) is 1. The van der Waals surface area contributed by atoms with Crippen LogP contribution in [0, 0.1) is 12.7 Å². The van der Waals surface area contributed by atoms with Crippen LogP contribution in [0.15, 0.2) is 35.3 Å². The molecule has 1 atom stereocenters. The van der Waals surface area contributed by atoms with Crippen molar-refractivity contribution in [2.45, 2.75) is 39.0 Å². The van der Waals surface area contributed by atoms with Gasteiger partial charge in [0.2, 0.25) is 0 Å². The number of nitrogens with zero attached hydrogens (tertiary/aromatic N) is 1. The summed E-state index contributed by atoms with van der Waals surface area (Å²) in [6.07, 6.45) is 3.53. The van der Waals surface area contributed by atoms with Gasteiger partial charge in [-0.15, -0.1) is 0 Å². The van der Waals surface area contributed by atoms with E-state index in [9.17, 15) is 14.0 Å². The number of hydrogen-bond donors (Lipinski definition) is 1. The molecule has 1 aliphatic heterocycles. The summed E-state index contributed by atoms with van der Waals surface area (Å²) in [5.74, 6) is -1.05. The quantitative estimate of drug-likeness (QED) is 0.869. The monoisotopic (exact) mass is 378 g/mol. The summed E-state index contributed by atoms with van der Waals surface area (Å²) in [5, 5.41) is 2.82. The Morgan fingerprint density at radius 3 is 2.92 bits per heavy atom. The van der Waals surface area contributed by atoms with Gasteiger partial charge in [0, 0.05) is 29.9 Å². The number of aryl methyl sites for hydroxylation is 1. The summed E-state index contributed by atoms with van der Waals surface area (Å²) >= 11 is 5.97. The van der Waals surface area contributed by atoms with Crippen molar-refractivity contribution in [1.29, 1.82) is 0 Å². The zero-order valence-electron chi connectivity index (χ0n) is 14.4. The minimum Gasteiger partial charge on any atom is -0.376 e. The van der Waals surface area contributed by atoms with Crippen molar-refractivity contribution in [2.75, 3.05) is 6.61 Å². The number of carbonyl (C=O) groups is 1. The van der Waals surface area contributed by atoms with Gasteiger partial charge in [0.25, 0.3) is 11.5 Å². The van der Waals surface area contributed by atoms with Crippen LogP contribution >= 0.6 is 11.6 Å². The molecule has 138 valence electrons. The van der Waals surface area contributed by atoms with E-state index in [-0.39, 0.29) is 34.4 Å². The Kier molecular flexibility index (Phi) is 5.74. The lowest BCUT2D eigenvalue weighted by molar-refractivity contribution is 0.0928. The number of aromatic nitrogens is 1. The smallest absolute Gasteiger partial charge is 0.263 e. The van der Waals surface area contributed by atoms with Gasteiger partial charge in [-0.2, -0.15) is 0 Å². The third-order valence-electron chi connectivity index (χ3n) is 4.51. The second-order valence-corrected chi connectivity index (χ2v) is 6.76. The lowest BCUT2D eigenvalue weighted by Gasteiger charge is -2.14. The van der Waals surface area contributed by atoms with Crippen LogP contribution in [0.2, 0.25) is 5.02 Å². The zero-order valence-corrected chi connectivity index (χ0v) is 15.2. The second-order valence-electron chi connectivity index (χ2n) is 6.35. The Morgan fingerprint density at radius 1 is 1.42 bits per heavy atom. The van der Waals surface area contributed by atoms with Gasteiger partial charge in [-0.25, -0.2) is 4.39 Å². The molecule has 3 rings (SSSR count). The Bertz CT molecular complexity index is 855. The fraction of sp³-hybridized carbons (Fsp3) is 0.368.